The highest BCUT2D eigenvalue weighted by molar-refractivity contribution is 5.92. The van der Waals surface area contributed by atoms with Crippen LogP contribution in [0.1, 0.15) is 12.6 Å². The van der Waals surface area contributed by atoms with Crippen LogP contribution in [0.25, 0.3) is 10.8 Å². The molecule has 0 saturated heterocycles. The van der Waals surface area contributed by atoms with Gasteiger partial charge in [-0.3, -0.25) is 0 Å². The van der Waals surface area contributed by atoms with Crippen LogP contribution in [0.3, 0.4) is 0 Å². The first-order valence-electron chi connectivity index (χ1n) is 5.33. The van der Waals surface area contributed by atoms with E-state index in [0.717, 1.165) is 22.3 Å². The molecule has 0 spiro atoms. The van der Waals surface area contributed by atoms with Gasteiger partial charge in [0.1, 0.15) is 0 Å². The number of nitrogens with one attached hydrogen (secondary N) is 1. The van der Waals surface area contributed by atoms with Crippen molar-refractivity contribution in [3.8, 4) is 0 Å². The van der Waals surface area contributed by atoms with Gasteiger partial charge >= 0.3 is 0 Å². The lowest BCUT2D eigenvalue weighted by molar-refractivity contribution is 0.940. The molecule has 2 aromatic rings. The minimum Gasteiger partial charge on any atom is -0.362 e. The molecule has 1 aromatic carbocycles. The summed E-state index contributed by atoms with van der Waals surface area (Å²) in [6.07, 6.45) is 1.84. The third-order valence-corrected chi connectivity index (χ3v) is 2.59. The summed E-state index contributed by atoms with van der Waals surface area (Å²) in [7, 11) is 0. The molecule has 1 atom stereocenters. The Morgan fingerprint density at radius 1 is 1.25 bits per heavy atom. The fraction of sp³-hybridized carbons (Fsp3) is 0.231. The van der Waals surface area contributed by atoms with Gasteiger partial charge in [-0.2, -0.15) is 5.10 Å². The summed E-state index contributed by atoms with van der Waals surface area (Å²) in [5.41, 5.74) is 0.951. The summed E-state index contributed by atoms with van der Waals surface area (Å²) in [6.45, 7) is 7.74. The Bertz CT molecular complexity index is 520. The van der Waals surface area contributed by atoms with Crippen LogP contribution in [0.4, 0.5) is 5.82 Å². The highest BCUT2D eigenvalue weighted by atomic mass is 15.2. The van der Waals surface area contributed by atoms with Gasteiger partial charge in [-0.1, -0.05) is 30.3 Å². The van der Waals surface area contributed by atoms with Crippen LogP contribution in [0.15, 0.2) is 36.9 Å². The van der Waals surface area contributed by atoms with Crippen LogP contribution in [0.5, 0.6) is 0 Å². The van der Waals surface area contributed by atoms with Crippen LogP contribution in [0.2, 0.25) is 0 Å². The summed E-state index contributed by atoms with van der Waals surface area (Å²) in [5, 5.41) is 13.8. The van der Waals surface area contributed by atoms with Crippen LogP contribution in [-0.2, 0) is 0 Å². The highest BCUT2D eigenvalue weighted by Crippen LogP contribution is 2.22. The van der Waals surface area contributed by atoms with E-state index in [1.54, 1.807) is 0 Å². The molecule has 0 bridgehead atoms. The first-order chi connectivity index (χ1) is 7.72. The van der Waals surface area contributed by atoms with Gasteiger partial charge < -0.3 is 5.32 Å². The molecule has 1 heterocycles. The Morgan fingerprint density at radius 2 is 1.94 bits per heavy atom. The fourth-order valence-electron chi connectivity index (χ4n) is 1.62. The topological polar surface area (TPSA) is 37.8 Å². The molecule has 0 saturated carbocycles. The van der Waals surface area contributed by atoms with Crippen molar-refractivity contribution >= 4 is 16.6 Å². The summed E-state index contributed by atoms with van der Waals surface area (Å²) in [4.78, 5) is 0. The second-order valence-electron chi connectivity index (χ2n) is 3.85. The number of benzene rings is 1. The zero-order valence-electron chi connectivity index (χ0n) is 9.57. The maximum absolute atomic E-state index is 4.19. The van der Waals surface area contributed by atoms with Crippen molar-refractivity contribution in [1.82, 2.24) is 10.2 Å². The quantitative estimate of drug-likeness (QED) is 0.796. The molecule has 3 nitrogen and oxygen atoms in total. The SMILES string of the molecule is C=CC(C)Nc1nnc(C)c2ccccc12. The minimum atomic E-state index is 0.181. The second-order valence-corrected chi connectivity index (χ2v) is 3.85. The predicted octanol–water partition coefficient (Wildman–Crippen LogP) is 2.92. The number of fused-ring (bicyclic) bond motifs is 1. The van der Waals surface area contributed by atoms with E-state index in [2.05, 4.69) is 34.2 Å². The fourth-order valence-corrected chi connectivity index (χ4v) is 1.62. The monoisotopic (exact) mass is 213 g/mol. The van der Waals surface area contributed by atoms with Crippen molar-refractivity contribution < 1.29 is 0 Å². The molecule has 2 rings (SSSR count). The summed E-state index contributed by atoms with van der Waals surface area (Å²) in [5.74, 6) is 0.814. The van der Waals surface area contributed by atoms with Crippen LogP contribution < -0.4 is 5.32 Å². The van der Waals surface area contributed by atoms with Gasteiger partial charge in [0.25, 0.3) is 0 Å². The zero-order chi connectivity index (χ0) is 11.5. The first kappa shape index (κ1) is 10.6. The van der Waals surface area contributed by atoms with Crippen LogP contribution >= 0.6 is 0 Å². The van der Waals surface area contributed by atoms with Crippen molar-refractivity contribution in [3.63, 3.8) is 0 Å². The lowest BCUT2D eigenvalue weighted by atomic mass is 10.1. The first-order valence-corrected chi connectivity index (χ1v) is 5.33. The van der Waals surface area contributed by atoms with Crippen molar-refractivity contribution in [2.24, 2.45) is 0 Å². The second kappa shape index (κ2) is 4.31. The van der Waals surface area contributed by atoms with Crippen molar-refractivity contribution in [2.45, 2.75) is 19.9 Å². The maximum Gasteiger partial charge on any atom is 0.157 e. The Kier molecular flexibility index (Phi) is 2.86. The van der Waals surface area contributed by atoms with Crippen molar-refractivity contribution in [3.05, 3.63) is 42.6 Å². The molecule has 0 amide bonds. The van der Waals surface area contributed by atoms with Crippen LogP contribution in [0, 0.1) is 6.92 Å². The average Bonchev–Trinajstić information content (AvgIpc) is 2.33. The van der Waals surface area contributed by atoms with Gasteiger partial charge in [-0.15, -0.1) is 11.7 Å². The molecule has 0 aliphatic heterocycles. The molecule has 0 fully saturated rings. The van der Waals surface area contributed by atoms with E-state index < -0.39 is 0 Å². The number of rotatable bonds is 3. The highest BCUT2D eigenvalue weighted by Gasteiger charge is 2.06. The van der Waals surface area contributed by atoms with Gasteiger partial charge in [-0.25, -0.2) is 0 Å². The molecular weight excluding hydrogens is 198 g/mol. The Labute approximate surface area is 95.2 Å². The normalized spacial score (nSPS) is 12.4. The van der Waals surface area contributed by atoms with Gasteiger partial charge in [0, 0.05) is 16.8 Å². The molecule has 0 aliphatic rings. The number of aromatic nitrogens is 2. The molecule has 0 aliphatic carbocycles. The van der Waals surface area contributed by atoms with E-state index in [4.69, 9.17) is 0 Å². The molecular formula is C13H15N3. The summed E-state index contributed by atoms with van der Waals surface area (Å²) in [6, 6.07) is 8.31. The molecule has 1 N–H and O–H groups in total. The Hall–Kier alpha value is -1.90. The molecule has 82 valence electrons. The van der Waals surface area contributed by atoms with E-state index in [9.17, 15) is 0 Å². The predicted molar refractivity (Wildman–Crippen MR) is 67.6 cm³/mol. The Morgan fingerprint density at radius 3 is 2.62 bits per heavy atom. The maximum atomic E-state index is 4.19. The number of nitrogens with zero attached hydrogens (tertiary/aromatic N) is 2. The van der Waals surface area contributed by atoms with Crippen LogP contribution in [-0.4, -0.2) is 16.2 Å². The number of aryl methyl sites for hydroxylation is 1. The van der Waals surface area contributed by atoms with Gasteiger partial charge in [0.2, 0.25) is 0 Å². The smallest absolute Gasteiger partial charge is 0.157 e. The summed E-state index contributed by atoms with van der Waals surface area (Å²) < 4.78 is 0. The van der Waals surface area contributed by atoms with Gasteiger partial charge in [0.05, 0.1) is 5.69 Å². The average molecular weight is 213 g/mol. The van der Waals surface area contributed by atoms with E-state index in [-0.39, 0.29) is 6.04 Å². The lowest BCUT2D eigenvalue weighted by Gasteiger charge is -2.12. The molecule has 16 heavy (non-hydrogen) atoms. The summed E-state index contributed by atoms with van der Waals surface area (Å²) >= 11 is 0. The number of hydrogen-bond acceptors (Lipinski definition) is 3. The van der Waals surface area contributed by atoms with Crippen molar-refractivity contribution in [2.75, 3.05) is 5.32 Å². The molecule has 1 unspecified atom stereocenters. The molecule has 0 radical (unpaired) electrons. The van der Waals surface area contributed by atoms with E-state index in [1.807, 2.05) is 32.1 Å². The largest absolute Gasteiger partial charge is 0.362 e. The van der Waals surface area contributed by atoms with E-state index in [1.165, 1.54) is 0 Å². The lowest BCUT2D eigenvalue weighted by Crippen LogP contribution is -2.13. The molecule has 1 aromatic heterocycles. The number of anilines is 1. The minimum absolute atomic E-state index is 0.181. The van der Waals surface area contributed by atoms with E-state index >= 15 is 0 Å². The Balaban J connectivity index is 2.54. The van der Waals surface area contributed by atoms with Gasteiger partial charge in [-0.05, 0) is 13.8 Å². The molecule has 3 heteroatoms. The third-order valence-electron chi connectivity index (χ3n) is 2.59. The van der Waals surface area contributed by atoms with Gasteiger partial charge in [0.15, 0.2) is 5.82 Å². The van der Waals surface area contributed by atoms with Crippen molar-refractivity contribution in [1.29, 1.82) is 0 Å². The zero-order valence-corrected chi connectivity index (χ0v) is 9.57. The third kappa shape index (κ3) is 1.89. The number of hydrogen-bond donors (Lipinski definition) is 1. The standard InChI is InChI=1S/C13H15N3/c1-4-9(2)14-13-12-8-6-5-7-11(12)10(3)15-16-13/h4-9H,1H2,2-3H3,(H,14,16). The van der Waals surface area contributed by atoms with E-state index in [0.29, 0.717) is 0 Å².